The van der Waals surface area contributed by atoms with Gasteiger partial charge in [0.15, 0.2) is 5.78 Å². The molecule has 1 aromatic heterocycles. The Hall–Kier alpha value is -1.22. The summed E-state index contributed by atoms with van der Waals surface area (Å²) in [6, 6.07) is 3.86. The fourth-order valence-electron chi connectivity index (χ4n) is 2.68. The van der Waals surface area contributed by atoms with E-state index >= 15 is 0 Å². The summed E-state index contributed by atoms with van der Waals surface area (Å²) in [5, 5.41) is 0. The standard InChI is InChI=1S/C15H22N2O/c1-3-15(2,17-10-4-5-11-17)14(18)12-13-6-8-16-9-7-13/h6-9H,3-5,10-12H2,1-2H3. The molecule has 3 nitrogen and oxygen atoms in total. The Bertz CT molecular complexity index is 398. The molecule has 98 valence electrons. The van der Waals surface area contributed by atoms with Gasteiger partial charge in [0, 0.05) is 18.8 Å². The van der Waals surface area contributed by atoms with Gasteiger partial charge in [-0.2, -0.15) is 0 Å². The summed E-state index contributed by atoms with van der Waals surface area (Å²) >= 11 is 0. The second-order valence-corrected chi connectivity index (χ2v) is 5.28. The molecule has 2 heterocycles. The highest BCUT2D eigenvalue weighted by Crippen LogP contribution is 2.26. The van der Waals surface area contributed by atoms with E-state index in [4.69, 9.17) is 0 Å². The summed E-state index contributed by atoms with van der Waals surface area (Å²) in [6.45, 7) is 6.34. The molecule has 1 saturated heterocycles. The molecular formula is C15H22N2O. The van der Waals surface area contributed by atoms with Crippen molar-refractivity contribution in [2.45, 2.75) is 45.1 Å². The highest BCUT2D eigenvalue weighted by Gasteiger charge is 2.38. The van der Waals surface area contributed by atoms with Crippen LogP contribution in [-0.2, 0) is 11.2 Å². The number of aromatic nitrogens is 1. The Morgan fingerprint density at radius 3 is 2.50 bits per heavy atom. The average molecular weight is 246 g/mol. The number of hydrogen-bond acceptors (Lipinski definition) is 3. The van der Waals surface area contributed by atoms with Crippen LogP contribution in [-0.4, -0.2) is 34.3 Å². The monoisotopic (exact) mass is 246 g/mol. The van der Waals surface area contributed by atoms with Crippen molar-refractivity contribution >= 4 is 5.78 Å². The average Bonchev–Trinajstić information content (AvgIpc) is 2.93. The molecule has 1 atom stereocenters. The second kappa shape index (κ2) is 5.61. The number of nitrogens with zero attached hydrogens (tertiary/aromatic N) is 2. The van der Waals surface area contributed by atoms with Crippen molar-refractivity contribution in [1.82, 2.24) is 9.88 Å². The number of likely N-dealkylation sites (tertiary alicyclic amines) is 1. The first-order valence-electron chi connectivity index (χ1n) is 6.84. The number of ketones is 1. The van der Waals surface area contributed by atoms with E-state index in [-0.39, 0.29) is 5.54 Å². The highest BCUT2D eigenvalue weighted by atomic mass is 16.1. The van der Waals surface area contributed by atoms with Crippen molar-refractivity contribution < 1.29 is 4.79 Å². The Morgan fingerprint density at radius 2 is 1.94 bits per heavy atom. The molecule has 0 aliphatic carbocycles. The molecule has 1 fully saturated rings. The van der Waals surface area contributed by atoms with Gasteiger partial charge in [0.05, 0.1) is 5.54 Å². The van der Waals surface area contributed by atoms with Crippen LogP contribution in [0.4, 0.5) is 0 Å². The van der Waals surface area contributed by atoms with Crippen molar-refractivity contribution in [3.63, 3.8) is 0 Å². The van der Waals surface area contributed by atoms with Gasteiger partial charge in [0.2, 0.25) is 0 Å². The molecule has 18 heavy (non-hydrogen) atoms. The van der Waals surface area contributed by atoms with Crippen molar-refractivity contribution in [3.05, 3.63) is 30.1 Å². The first kappa shape index (κ1) is 13.2. The molecule has 0 saturated carbocycles. The summed E-state index contributed by atoms with van der Waals surface area (Å²) in [4.78, 5) is 18.9. The lowest BCUT2D eigenvalue weighted by Gasteiger charge is -2.36. The Balaban J connectivity index is 2.09. The third kappa shape index (κ3) is 2.61. The van der Waals surface area contributed by atoms with Gasteiger partial charge >= 0.3 is 0 Å². The van der Waals surface area contributed by atoms with E-state index < -0.39 is 0 Å². The normalized spacial score (nSPS) is 19.7. The van der Waals surface area contributed by atoms with Gasteiger partial charge in [-0.25, -0.2) is 0 Å². The fraction of sp³-hybridized carbons (Fsp3) is 0.600. The summed E-state index contributed by atoms with van der Waals surface area (Å²) in [5.41, 5.74) is 0.772. The summed E-state index contributed by atoms with van der Waals surface area (Å²) in [5.74, 6) is 0.332. The molecule has 0 amide bonds. The number of rotatable bonds is 5. The lowest BCUT2D eigenvalue weighted by Crippen LogP contribution is -2.51. The van der Waals surface area contributed by atoms with E-state index in [1.165, 1.54) is 12.8 Å². The van der Waals surface area contributed by atoms with Crippen LogP contribution in [0.1, 0.15) is 38.7 Å². The van der Waals surface area contributed by atoms with E-state index in [0.29, 0.717) is 12.2 Å². The van der Waals surface area contributed by atoms with Crippen molar-refractivity contribution in [2.75, 3.05) is 13.1 Å². The van der Waals surface area contributed by atoms with E-state index in [2.05, 4.69) is 23.7 Å². The zero-order valence-electron chi connectivity index (χ0n) is 11.4. The predicted octanol–water partition coefficient (Wildman–Crippen LogP) is 2.46. The predicted molar refractivity (Wildman–Crippen MR) is 72.5 cm³/mol. The summed E-state index contributed by atoms with van der Waals surface area (Å²) in [6.07, 6.45) is 7.35. The van der Waals surface area contributed by atoms with Crippen LogP contribution < -0.4 is 0 Å². The minimum Gasteiger partial charge on any atom is -0.297 e. The molecule has 1 aliphatic rings. The molecule has 2 rings (SSSR count). The van der Waals surface area contributed by atoms with Gasteiger partial charge in [-0.1, -0.05) is 6.92 Å². The molecular weight excluding hydrogens is 224 g/mol. The quantitative estimate of drug-likeness (QED) is 0.800. The van der Waals surface area contributed by atoms with Gasteiger partial charge in [0.25, 0.3) is 0 Å². The van der Waals surface area contributed by atoms with E-state index in [1.54, 1.807) is 12.4 Å². The third-order valence-electron chi connectivity index (χ3n) is 4.21. The summed E-state index contributed by atoms with van der Waals surface area (Å²) in [7, 11) is 0. The summed E-state index contributed by atoms with van der Waals surface area (Å²) < 4.78 is 0. The smallest absolute Gasteiger partial charge is 0.157 e. The van der Waals surface area contributed by atoms with Gasteiger partial charge in [-0.15, -0.1) is 0 Å². The van der Waals surface area contributed by atoms with Crippen LogP contribution >= 0.6 is 0 Å². The second-order valence-electron chi connectivity index (χ2n) is 5.28. The van der Waals surface area contributed by atoms with Gasteiger partial charge < -0.3 is 0 Å². The maximum Gasteiger partial charge on any atom is 0.157 e. The maximum atomic E-state index is 12.6. The largest absolute Gasteiger partial charge is 0.297 e. The van der Waals surface area contributed by atoms with Crippen LogP contribution in [0.3, 0.4) is 0 Å². The van der Waals surface area contributed by atoms with E-state index in [0.717, 1.165) is 25.1 Å². The Morgan fingerprint density at radius 1 is 1.33 bits per heavy atom. The maximum absolute atomic E-state index is 12.6. The molecule has 1 aliphatic heterocycles. The van der Waals surface area contributed by atoms with Crippen LogP contribution in [0.2, 0.25) is 0 Å². The Kier molecular flexibility index (Phi) is 4.12. The van der Waals surface area contributed by atoms with Crippen molar-refractivity contribution in [1.29, 1.82) is 0 Å². The van der Waals surface area contributed by atoms with Crippen LogP contribution in [0.15, 0.2) is 24.5 Å². The topological polar surface area (TPSA) is 33.2 Å². The fourth-order valence-corrected chi connectivity index (χ4v) is 2.68. The molecule has 0 N–H and O–H groups in total. The molecule has 3 heteroatoms. The third-order valence-corrected chi connectivity index (χ3v) is 4.21. The molecule has 0 bridgehead atoms. The van der Waals surface area contributed by atoms with Crippen molar-refractivity contribution in [3.8, 4) is 0 Å². The lowest BCUT2D eigenvalue weighted by atomic mass is 9.87. The number of carbonyl (C=O) groups is 1. The van der Waals surface area contributed by atoms with E-state index in [1.807, 2.05) is 12.1 Å². The minimum atomic E-state index is -0.292. The minimum absolute atomic E-state index is 0.292. The van der Waals surface area contributed by atoms with Crippen LogP contribution in [0.5, 0.6) is 0 Å². The zero-order chi connectivity index (χ0) is 13.0. The zero-order valence-corrected chi connectivity index (χ0v) is 11.4. The van der Waals surface area contributed by atoms with Gasteiger partial charge in [-0.05, 0) is 57.0 Å². The first-order chi connectivity index (χ1) is 8.66. The SMILES string of the molecule is CCC(C)(C(=O)Cc1ccncc1)N1CCCC1. The number of hydrogen-bond donors (Lipinski definition) is 0. The molecule has 1 unspecified atom stereocenters. The molecule has 0 spiro atoms. The van der Waals surface area contributed by atoms with Crippen LogP contribution in [0.25, 0.3) is 0 Å². The van der Waals surface area contributed by atoms with Crippen LogP contribution in [0, 0.1) is 0 Å². The van der Waals surface area contributed by atoms with Gasteiger partial charge in [-0.3, -0.25) is 14.7 Å². The first-order valence-corrected chi connectivity index (χ1v) is 6.84. The Labute approximate surface area is 109 Å². The number of pyridine rings is 1. The van der Waals surface area contributed by atoms with Gasteiger partial charge in [0.1, 0.15) is 0 Å². The molecule has 1 aromatic rings. The molecule has 0 aromatic carbocycles. The number of carbonyl (C=O) groups excluding carboxylic acids is 1. The molecule has 0 radical (unpaired) electrons. The van der Waals surface area contributed by atoms with E-state index in [9.17, 15) is 4.79 Å². The highest BCUT2D eigenvalue weighted by molar-refractivity contribution is 5.89. The lowest BCUT2D eigenvalue weighted by molar-refractivity contribution is -0.129. The number of Topliss-reactive ketones (excluding diaryl/α,β-unsaturated/α-hetero) is 1. The van der Waals surface area contributed by atoms with Crippen molar-refractivity contribution in [2.24, 2.45) is 0 Å².